The Kier molecular flexibility index (Phi) is 7.25. The van der Waals surface area contributed by atoms with Gasteiger partial charge >= 0.3 is 0 Å². The molecule has 19 heavy (non-hydrogen) atoms. The average molecular weight is 354 g/mol. The summed E-state index contributed by atoms with van der Waals surface area (Å²) >= 11 is 3.22. The zero-order valence-corrected chi connectivity index (χ0v) is 13.0. The van der Waals surface area contributed by atoms with Crippen LogP contribution in [0.3, 0.4) is 0 Å². The van der Waals surface area contributed by atoms with Gasteiger partial charge in [-0.05, 0) is 40.0 Å². The average Bonchev–Trinajstić information content (AvgIpc) is 2.40. The number of piperazine rings is 1. The number of aliphatic hydroxyl groups is 1. The maximum absolute atomic E-state index is 13.3. The van der Waals surface area contributed by atoms with E-state index in [9.17, 15) is 9.50 Å². The predicted molar refractivity (Wildman–Crippen MR) is 80.2 cm³/mol. The quantitative estimate of drug-likeness (QED) is 0.872. The zero-order chi connectivity index (χ0) is 13.0. The van der Waals surface area contributed by atoms with E-state index in [0.717, 1.165) is 31.7 Å². The Balaban J connectivity index is 0.00000180. The van der Waals surface area contributed by atoms with Gasteiger partial charge in [-0.2, -0.15) is 0 Å². The van der Waals surface area contributed by atoms with Gasteiger partial charge in [0.05, 0.1) is 4.47 Å². The lowest BCUT2D eigenvalue weighted by Gasteiger charge is -2.35. The van der Waals surface area contributed by atoms with Crippen molar-refractivity contribution in [3.05, 3.63) is 34.1 Å². The smallest absolute Gasteiger partial charge is 0.137 e. The molecule has 3 nitrogen and oxygen atoms in total. The van der Waals surface area contributed by atoms with Crippen LogP contribution in [0.25, 0.3) is 0 Å². The number of benzene rings is 1. The summed E-state index contributed by atoms with van der Waals surface area (Å²) in [4.78, 5) is 2.34. The SMILES string of the molecule is Cl.OCC[C@@H](c1ccc(F)c(Br)c1)N1CCNCC1. The Hall–Kier alpha value is -0.200. The molecule has 0 radical (unpaired) electrons. The van der Waals surface area contributed by atoms with E-state index >= 15 is 0 Å². The van der Waals surface area contributed by atoms with Crippen LogP contribution in [0.2, 0.25) is 0 Å². The summed E-state index contributed by atoms with van der Waals surface area (Å²) in [7, 11) is 0. The first-order chi connectivity index (χ1) is 8.72. The molecule has 1 saturated heterocycles. The molecule has 0 aromatic heterocycles. The van der Waals surface area contributed by atoms with Gasteiger partial charge in [-0.15, -0.1) is 12.4 Å². The van der Waals surface area contributed by atoms with E-state index in [1.165, 1.54) is 6.07 Å². The fraction of sp³-hybridized carbons (Fsp3) is 0.538. The highest BCUT2D eigenvalue weighted by atomic mass is 79.9. The van der Waals surface area contributed by atoms with Crippen LogP contribution in [0.5, 0.6) is 0 Å². The Labute approximate surface area is 127 Å². The fourth-order valence-corrected chi connectivity index (χ4v) is 2.79. The van der Waals surface area contributed by atoms with E-state index in [0.29, 0.717) is 10.9 Å². The van der Waals surface area contributed by atoms with Crippen LogP contribution >= 0.6 is 28.3 Å². The monoisotopic (exact) mass is 352 g/mol. The summed E-state index contributed by atoms with van der Waals surface area (Å²) in [6.07, 6.45) is 0.679. The summed E-state index contributed by atoms with van der Waals surface area (Å²) in [5.74, 6) is -0.248. The minimum Gasteiger partial charge on any atom is -0.396 e. The third-order valence-electron chi connectivity index (χ3n) is 3.32. The Bertz CT molecular complexity index is 402. The molecule has 6 heteroatoms. The molecule has 0 saturated carbocycles. The van der Waals surface area contributed by atoms with Crippen LogP contribution in [-0.2, 0) is 0 Å². The highest BCUT2D eigenvalue weighted by molar-refractivity contribution is 9.10. The van der Waals surface area contributed by atoms with Crippen LogP contribution in [0, 0.1) is 5.82 Å². The standard InChI is InChI=1S/C13H18BrFN2O.ClH/c14-11-9-10(1-2-12(11)15)13(3-8-18)17-6-4-16-5-7-17;/h1-2,9,13,16,18H,3-8H2;1H/t13-;/m0./s1. The summed E-state index contributed by atoms with van der Waals surface area (Å²) in [5.41, 5.74) is 1.05. The van der Waals surface area contributed by atoms with Crippen LogP contribution in [0.15, 0.2) is 22.7 Å². The van der Waals surface area contributed by atoms with Gasteiger partial charge in [-0.25, -0.2) is 4.39 Å². The molecular formula is C13H19BrClFN2O. The first-order valence-corrected chi connectivity index (χ1v) is 7.02. The number of rotatable bonds is 4. The van der Waals surface area contributed by atoms with Crippen molar-refractivity contribution < 1.29 is 9.50 Å². The highest BCUT2D eigenvalue weighted by Crippen LogP contribution is 2.28. The maximum atomic E-state index is 13.3. The molecule has 1 aliphatic rings. The van der Waals surface area contributed by atoms with Crippen LogP contribution in [0.4, 0.5) is 4.39 Å². The van der Waals surface area contributed by atoms with E-state index in [4.69, 9.17) is 0 Å². The molecule has 2 N–H and O–H groups in total. The third kappa shape index (κ3) is 4.39. The molecule has 0 unspecified atom stereocenters. The number of hydrogen-bond donors (Lipinski definition) is 2. The normalized spacial score (nSPS) is 17.8. The third-order valence-corrected chi connectivity index (χ3v) is 3.93. The fourth-order valence-electron chi connectivity index (χ4n) is 2.40. The van der Waals surface area contributed by atoms with Crippen molar-refractivity contribution >= 4 is 28.3 Å². The van der Waals surface area contributed by atoms with Crippen molar-refractivity contribution in [3.8, 4) is 0 Å². The van der Waals surface area contributed by atoms with Gasteiger partial charge in [0, 0.05) is 38.8 Å². The van der Waals surface area contributed by atoms with E-state index in [2.05, 4.69) is 26.1 Å². The van der Waals surface area contributed by atoms with Crippen molar-refractivity contribution in [2.45, 2.75) is 12.5 Å². The molecule has 1 fully saturated rings. The summed E-state index contributed by atoms with van der Waals surface area (Å²) in [6.45, 7) is 3.98. The van der Waals surface area contributed by atoms with Crippen molar-refractivity contribution in [3.63, 3.8) is 0 Å². The highest BCUT2D eigenvalue weighted by Gasteiger charge is 2.22. The van der Waals surface area contributed by atoms with E-state index in [-0.39, 0.29) is 30.9 Å². The molecule has 108 valence electrons. The Morgan fingerprint density at radius 2 is 2.05 bits per heavy atom. The Morgan fingerprint density at radius 1 is 1.37 bits per heavy atom. The number of nitrogens with one attached hydrogen (secondary N) is 1. The van der Waals surface area contributed by atoms with Crippen molar-refractivity contribution in [1.82, 2.24) is 10.2 Å². The van der Waals surface area contributed by atoms with Gasteiger partial charge in [0.2, 0.25) is 0 Å². The second kappa shape index (κ2) is 8.17. The van der Waals surface area contributed by atoms with Gasteiger partial charge in [0.15, 0.2) is 0 Å². The number of hydrogen-bond acceptors (Lipinski definition) is 3. The molecule has 1 heterocycles. The van der Waals surface area contributed by atoms with Gasteiger partial charge in [0.1, 0.15) is 5.82 Å². The lowest BCUT2D eigenvalue weighted by atomic mass is 10.0. The number of halogens is 3. The molecule has 0 amide bonds. The summed E-state index contributed by atoms with van der Waals surface area (Å²) in [5, 5.41) is 12.5. The van der Waals surface area contributed by atoms with Crippen molar-refractivity contribution in [2.75, 3.05) is 32.8 Å². The zero-order valence-electron chi connectivity index (χ0n) is 10.6. The van der Waals surface area contributed by atoms with Gasteiger partial charge < -0.3 is 10.4 Å². The van der Waals surface area contributed by atoms with E-state index in [1.54, 1.807) is 0 Å². The predicted octanol–water partition coefficient (Wildman–Crippen LogP) is 2.34. The molecule has 1 atom stereocenters. The van der Waals surface area contributed by atoms with Gasteiger partial charge in [-0.3, -0.25) is 4.90 Å². The molecule has 1 aromatic carbocycles. The minimum absolute atomic E-state index is 0. The summed E-state index contributed by atoms with van der Waals surface area (Å²) < 4.78 is 13.8. The van der Waals surface area contributed by atoms with Gasteiger partial charge in [-0.1, -0.05) is 6.07 Å². The van der Waals surface area contributed by atoms with E-state index < -0.39 is 0 Å². The van der Waals surface area contributed by atoms with Crippen molar-refractivity contribution in [1.29, 1.82) is 0 Å². The second-order valence-corrected chi connectivity index (χ2v) is 5.34. The Morgan fingerprint density at radius 3 is 2.63 bits per heavy atom. The second-order valence-electron chi connectivity index (χ2n) is 4.49. The molecule has 0 aliphatic carbocycles. The lowest BCUT2D eigenvalue weighted by Crippen LogP contribution is -2.45. The molecule has 1 aromatic rings. The summed E-state index contributed by atoms with van der Waals surface area (Å²) in [6, 6.07) is 5.26. The lowest BCUT2D eigenvalue weighted by molar-refractivity contribution is 0.141. The molecular weight excluding hydrogens is 335 g/mol. The maximum Gasteiger partial charge on any atom is 0.137 e. The minimum atomic E-state index is -0.248. The van der Waals surface area contributed by atoms with Crippen molar-refractivity contribution in [2.24, 2.45) is 0 Å². The van der Waals surface area contributed by atoms with Gasteiger partial charge in [0.25, 0.3) is 0 Å². The largest absolute Gasteiger partial charge is 0.396 e. The number of aliphatic hydroxyl groups excluding tert-OH is 1. The first kappa shape index (κ1) is 16.9. The number of nitrogens with zero attached hydrogens (tertiary/aromatic N) is 1. The first-order valence-electron chi connectivity index (χ1n) is 6.23. The van der Waals surface area contributed by atoms with Crippen LogP contribution in [-0.4, -0.2) is 42.8 Å². The van der Waals surface area contributed by atoms with E-state index in [1.807, 2.05) is 12.1 Å². The van der Waals surface area contributed by atoms with Crippen LogP contribution < -0.4 is 5.32 Å². The molecule has 2 rings (SSSR count). The topological polar surface area (TPSA) is 35.5 Å². The molecule has 0 spiro atoms. The molecule has 1 aliphatic heterocycles. The molecule has 0 bridgehead atoms. The van der Waals surface area contributed by atoms with Crippen LogP contribution in [0.1, 0.15) is 18.0 Å².